The van der Waals surface area contributed by atoms with Gasteiger partial charge in [0.15, 0.2) is 0 Å². The van der Waals surface area contributed by atoms with Crippen molar-refractivity contribution in [2.24, 2.45) is 7.05 Å². The third-order valence-corrected chi connectivity index (χ3v) is 4.00. The van der Waals surface area contributed by atoms with Crippen LogP contribution in [0.4, 0.5) is 5.95 Å². The molecule has 0 saturated heterocycles. The number of carbonyl (C=O) groups excluding carboxylic acids is 1. The minimum atomic E-state index is -0.411. The number of hydrogen-bond acceptors (Lipinski definition) is 7. The summed E-state index contributed by atoms with van der Waals surface area (Å²) < 4.78 is 8.32. The molecule has 8 nitrogen and oxygen atoms in total. The summed E-state index contributed by atoms with van der Waals surface area (Å²) in [5.41, 5.74) is 2.05. The molecule has 0 aromatic carbocycles. The lowest BCUT2D eigenvalue weighted by Crippen LogP contribution is -2.29. The zero-order valence-electron chi connectivity index (χ0n) is 12.7. The second kappa shape index (κ2) is 5.48. The topological polar surface area (TPSA) is 86.9 Å². The number of ether oxygens (including phenoxy) is 1. The molecular weight excluding hydrogens is 304 g/mol. The van der Waals surface area contributed by atoms with Gasteiger partial charge in [0.25, 0.3) is 0 Å². The highest BCUT2D eigenvalue weighted by atomic mass is 32.2. The van der Waals surface area contributed by atoms with Crippen molar-refractivity contribution in [2.75, 3.05) is 18.7 Å². The predicted molar refractivity (Wildman–Crippen MR) is 81.5 cm³/mol. The SMILES string of the molecule is COC(=O)C1=C(C)Nc2nc(SC)nn2[C@@H]1c1cnn(C)c1. The number of hydrogen-bond donors (Lipinski definition) is 1. The molecule has 2 aromatic rings. The highest BCUT2D eigenvalue weighted by Gasteiger charge is 2.35. The summed E-state index contributed by atoms with van der Waals surface area (Å²) in [6.45, 7) is 1.83. The Balaban J connectivity index is 2.18. The minimum Gasteiger partial charge on any atom is -0.466 e. The van der Waals surface area contributed by atoms with Crippen molar-refractivity contribution in [3.63, 3.8) is 0 Å². The maximum absolute atomic E-state index is 12.2. The Morgan fingerprint density at radius 2 is 2.27 bits per heavy atom. The van der Waals surface area contributed by atoms with Crippen LogP contribution in [0.25, 0.3) is 0 Å². The van der Waals surface area contributed by atoms with E-state index in [9.17, 15) is 4.79 Å². The number of anilines is 1. The van der Waals surface area contributed by atoms with Gasteiger partial charge in [-0.1, -0.05) is 11.8 Å². The summed E-state index contributed by atoms with van der Waals surface area (Å²) in [7, 11) is 3.20. The van der Waals surface area contributed by atoms with E-state index < -0.39 is 12.0 Å². The normalized spacial score (nSPS) is 17.2. The Morgan fingerprint density at radius 3 is 2.86 bits per heavy atom. The fourth-order valence-corrected chi connectivity index (χ4v) is 2.83. The van der Waals surface area contributed by atoms with Crippen LogP contribution < -0.4 is 5.32 Å². The summed E-state index contributed by atoms with van der Waals surface area (Å²) in [6.07, 6.45) is 5.48. The van der Waals surface area contributed by atoms with Crippen LogP contribution in [-0.2, 0) is 16.6 Å². The second-order valence-corrected chi connectivity index (χ2v) is 5.65. The first-order chi connectivity index (χ1) is 10.5. The molecule has 0 unspecified atom stereocenters. The number of rotatable bonds is 3. The average molecular weight is 320 g/mol. The molecule has 0 aliphatic carbocycles. The highest BCUT2D eigenvalue weighted by Crippen LogP contribution is 2.36. The van der Waals surface area contributed by atoms with Crippen LogP contribution in [0.15, 0.2) is 28.8 Å². The number of allylic oxidation sites excluding steroid dienone is 1. The Hall–Kier alpha value is -2.29. The van der Waals surface area contributed by atoms with Gasteiger partial charge < -0.3 is 10.1 Å². The number of carbonyl (C=O) groups is 1. The van der Waals surface area contributed by atoms with E-state index in [2.05, 4.69) is 20.5 Å². The zero-order chi connectivity index (χ0) is 15.9. The minimum absolute atomic E-state index is 0.397. The molecule has 0 saturated carbocycles. The molecule has 3 heterocycles. The van der Waals surface area contributed by atoms with Gasteiger partial charge in [-0.3, -0.25) is 4.68 Å². The van der Waals surface area contributed by atoms with Gasteiger partial charge in [0.1, 0.15) is 6.04 Å². The van der Waals surface area contributed by atoms with Crippen molar-refractivity contribution >= 4 is 23.7 Å². The van der Waals surface area contributed by atoms with Crippen LogP contribution in [0.1, 0.15) is 18.5 Å². The van der Waals surface area contributed by atoms with Crippen molar-refractivity contribution in [3.8, 4) is 0 Å². The van der Waals surface area contributed by atoms with Crippen LogP contribution >= 0.6 is 11.8 Å². The van der Waals surface area contributed by atoms with Crippen molar-refractivity contribution in [2.45, 2.75) is 18.1 Å². The fourth-order valence-electron chi connectivity index (χ4n) is 2.48. The van der Waals surface area contributed by atoms with Gasteiger partial charge in [0.2, 0.25) is 11.1 Å². The Bertz CT molecular complexity index is 762. The van der Waals surface area contributed by atoms with E-state index in [4.69, 9.17) is 4.74 Å². The van der Waals surface area contributed by atoms with Crippen LogP contribution in [0.5, 0.6) is 0 Å². The molecule has 0 spiro atoms. The van der Waals surface area contributed by atoms with Crippen molar-refractivity contribution in [1.29, 1.82) is 0 Å². The standard InChI is InChI=1S/C13H16N6O2S/c1-7-9(11(20)21-3)10(8-5-14-18(2)6-8)19-12(15-7)16-13(17-19)22-4/h5-6,10H,1-4H3,(H,15,16,17)/t10-/m1/s1. The van der Waals surface area contributed by atoms with Gasteiger partial charge >= 0.3 is 5.97 Å². The third-order valence-electron chi connectivity index (χ3n) is 3.46. The van der Waals surface area contributed by atoms with Gasteiger partial charge in [-0.15, -0.1) is 5.10 Å². The van der Waals surface area contributed by atoms with Gasteiger partial charge in [0, 0.05) is 24.5 Å². The number of methoxy groups -OCH3 is 1. The molecule has 1 aliphatic rings. The van der Waals surface area contributed by atoms with E-state index in [1.807, 2.05) is 26.4 Å². The summed E-state index contributed by atoms with van der Waals surface area (Å²) in [6, 6.07) is -0.411. The largest absolute Gasteiger partial charge is 0.466 e. The van der Waals surface area contributed by atoms with E-state index in [0.29, 0.717) is 22.4 Å². The monoisotopic (exact) mass is 320 g/mol. The first kappa shape index (κ1) is 14.6. The number of nitrogens with one attached hydrogen (secondary N) is 1. The fraction of sp³-hybridized carbons (Fsp3) is 0.385. The molecule has 2 aromatic heterocycles. The number of nitrogens with zero attached hydrogens (tertiary/aromatic N) is 5. The van der Waals surface area contributed by atoms with Gasteiger partial charge in [-0.05, 0) is 13.2 Å². The Labute approximate surface area is 131 Å². The number of aromatic nitrogens is 5. The van der Waals surface area contributed by atoms with Gasteiger partial charge in [-0.2, -0.15) is 10.1 Å². The molecule has 0 fully saturated rings. The van der Waals surface area contributed by atoms with Gasteiger partial charge in [0.05, 0.1) is 18.9 Å². The summed E-state index contributed by atoms with van der Waals surface area (Å²) >= 11 is 1.44. The van der Waals surface area contributed by atoms with Crippen LogP contribution in [0.3, 0.4) is 0 Å². The van der Waals surface area contributed by atoms with Crippen LogP contribution in [0.2, 0.25) is 0 Å². The van der Waals surface area contributed by atoms with Gasteiger partial charge in [-0.25, -0.2) is 9.48 Å². The van der Waals surface area contributed by atoms with E-state index in [0.717, 1.165) is 5.56 Å². The molecular formula is C13H16N6O2S. The summed E-state index contributed by atoms with van der Waals surface area (Å²) in [5.74, 6) is 0.203. The van der Waals surface area contributed by atoms with Crippen molar-refractivity contribution in [3.05, 3.63) is 29.2 Å². The quantitative estimate of drug-likeness (QED) is 0.671. The Kier molecular flexibility index (Phi) is 3.65. The number of thioether (sulfide) groups is 1. The second-order valence-electron chi connectivity index (χ2n) is 4.87. The highest BCUT2D eigenvalue weighted by molar-refractivity contribution is 7.98. The van der Waals surface area contributed by atoms with Crippen molar-refractivity contribution < 1.29 is 9.53 Å². The number of fused-ring (bicyclic) bond motifs is 1. The number of aryl methyl sites for hydroxylation is 1. The van der Waals surface area contributed by atoms with Crippen LogP contribution in [-0.4, -0.2) is 43.9 Å². The van der Waals surface area contributed by atoms with E-state index in [1.165, 1.54) is 18.9 Å². The lowest BCUT2D eigenvalue weighted by Gasteiger charge is -2.26. The van der Waals surface area contributed by atoms with E-state index in [-0.39, 0.29) is 0 Å². The summed E-state index contributed by atoms with van der Waals surface area (Å²) in [4.78, 5) is 16.7. The Morgan fingerprint density at radius 1 is 1.50 bits per heavy atom. The van der Waals surface area contributed by atoms with Crippen LogP contribution in [0, 0.1) is 0 Å². The zero-order valence-corrected chi connectivity index (χ0v) is 13.5. The molecule has 116 valence electrons. The maximum Gasteiger partial charge on any atom is 0.338 e. The van der Waals surface area contributed by atoms with E-state index >= 15 is 0 Å². The molecule has 0 radical (unpaired) electrons. The third kappa shape index (κ3) is 2.27. The molecule has 0 amide bonds. The van der Waals surface area contributed by atoms with E-state index in [1.54, 1.807) is 15.6 Å². The smallest absolute Gasteiger partial charge is 0.338 e. The first-order valence-corrected chi connectivity index (χ1v) is 7.82. The molecule has 22 heavy (non-hydrogen) atoms. The molecule has 3 rings (SSSR count). The molecule has 1 aliphatic heterocycles. The first-order valence-electron chi connectivity index (χ1n) is 6.60. The number of esters is 1. The maximum atomic E-state index is 12.2. The lowest BCUT2D eigenvalue weighted by molar-refractivity contribution is -0.136. The molecule has 9 heteroatoms. The van der Waals surface area contributed by atoms with Crippen molar-refractivity contribution in [1.82, 2.24) is 24.5 Å². The molecule has 1 N–H and O–H groups in total. The average Bonchev–Trinajstić information content (AvgIpc) is 3.10. The summed E-state index contributed by atoms with van der Waals surface area (Å²) in [5, 5.41) is 12.4. The predicted octanol–water partition coefficient (Wildman–Crippen LogP) is 1.20. The molecule has 1 atom stereocenters. The molecule has 0 bridgehead atoms. The lowest BCUT2D eigenvalue weighted by atomic mass is 9.98.